The number of carbonyl (C=O) groups is 1. The molecule has 0 spiro atoms. The quantitative estimate of drug-likeness (QED) is 0.574. The SMILES string of the molecule is O=C(NC(=S)Nc1ccccc1O)c1cc(Cl)cc(Cl)c1. The maximum absolute atomic E-state index is 12.0. The maximum Gasteiger partial charge on any atom is 0.257 e. The smallest absolute Gasteiger partial charge is 0.257 e. The van der Waals surface area contributed by atoms with Gasteiger partial charge in [-0.2, -0.15) is 0 Å². The van der Waals surface area contributed by atoms with Gasteiger partial charge in [0.2, 0.25) is 0 Å². The van der Waals surface area contributed by atoms with E-state index in [2.05, 4.69) is 10.6 Å². The number of halogens is 2. The lowest BCUT2D eigenvalue weighted by Gasteiger charge is -2.11. The number of carbonyl (C=O) groups excluding carboxylic acids is 1. The highest BCUT2D eigenvalue weighted by Crippen LogP contribution is 2.21. The molecule has 0 aliphatic carbocycles. The molecule has 0 aliphatic heterocycles. The number of benzene rings is 2. The molecule has 4 nitrogen and oxygen atoms in total. The highest BCUT2D eigenvalue weighted by atomic mass is 35.5. The third-order valence-corrected chi connectivity index (χ3v) is 3.14. The molecule has 7 heteroatoms. The van der Waals surface area contributed by atoms with Crippen LogP contribution in [-0.2, 0) is 0 Å². The van der Waals surface area contributed by atoms with Crippen molar-refractivity contribution in [2.45, 2.75) is 0 Å². The van der Waals surface area contributed by atoms with Crippen molar-refractivity contribution >= 4 is 52.1 Å². The largest absolute Gasteiger partial charge is 0.506 e. The third-order valence-electron chi connectivity index (χ3n) is 2.50. The van der Waals surface area contributed by atoms with Gasteiger partial charge in [0.15, 0.2) is 5.11 Å². The van der Waals surface area contributed by atoms with E-state index in [1.165, 1.54) is 24.3 Å². The van der Waals surface area contributed by atoms with Gasteiger partial charge < -0.3 is 10.4 Å². The minimum Gasteiger partial charge on any atom is -0.506 e. The number of amides is 1. The number of hydrogen-bond donors (Lipinski definition) is 3. The van der Waals surface area contributed by atoms with Crippen LogP contribution in [0.25, 0.3) is 0 Å². The van der Waals surface area contributed by atoms with Gasteiger partial charge in [-0.25, -0.2) is 0 Å². The van der Waals surface area contributed by atoms with Crippen LogP contribution >= 0.6 is 35.4 Å². The predicted molar refractivity (Wildman–Crippen MR) is 88.3 cm³/mol. The Morgan fingerprint density at radius 3 is 2.33 bits per heavy atom. The van der Waals surface area contributed by atoms with Gasteiger partial charge in [-0.05, 0) is 42.5 Å². The van der Waals surface area contributed by atoms with E-state index in [-0.39, 0.29) is 16.4 Å². The maximum atomic E-state index is 12.0. The molecule has 0 bridgehead atoms. The summed E-state index contributed by atoms with van der Waals surface area (Å²) in [4.78, 5) is 12.0. The van der Waals surface area contributed by atoms with Crippen LogP contribution in [0.4, 0.5) is 5.69 Å². The van der Waals surface area contributed by atoms with Crippen molar-refractivity contribution < 1.29 is 9.90 Å². The second-order valence-electron chi connectivity index (χ2n) is 4.08. The van der Waals surface area contributed by atoms with Crippen molar-refractivity contribution in [3.05, 3.63) is 58.1 Å². The molecule has 0 unspecified atom stereocenters. The Morgan fingerprint density at radius 1 is 1.10 bits per heavy atom. The van der Waals surface area contributed by atoms with Crippen molar-refractivity contribution in [2.24, 2.45) is 0 Å². The van der Waals surface area contributed by atoms with Gasteiger partial charge in [0.1, 0.15) is 5.75 Å². The summed E-state index contributed by atoms with van der Waals surface area (Å²) in [5, 5.41) is 15.6. The number of aromatic hydroxyl groups is 1. The van der Waals surface area contributed by atoms with E-state index in [1.54, 1.807) is 18.2 Å². The molecule has 3 N–H and O–H groups in total. The van der Waals surface area contributed by atoms with Gasteiger partial charge in [-0.3, -0.25) is 10.1 Å². The molecular formula is C14H10Cl2N2O2S. The minimum absolute atomic E-state index is 0.0277. The standard InChI is InChI=1S/C14H10Cl2N2O2S/c15-9-5-8(6-10(16)7-9)13(20)18-14(21)17-11-3-1-2-4-12(11)19/h1-7,19H,(H2,17,18,20,21). The van der Waals surface area contributed by atoms with E-state index in [4.69, 9.17) is 35.4 Å². The molecule has 2 aromatic carbocycles. The Labute approximate surface area is 136 Å². The number of thiocarbonyl (C=S) groups is 1. The Kier molecular flexibility index (Phi) is 5.01. The minimum atomic E-state index is -0.452. The number of hydrogen-bond acceptors (Lipinski definition) is 3. The molecule has 108 valence electrons. The van der Waals surface area contributed by atoms with Crippen molar-refractivity contribution in [2.75, 3.05) is 5.32 Å². The molecule has 0 fully saturated rings. The molecule has 0 radical (unpaired) electrons. The van der Waals surface area contributed by atoms with E-state index in [1.807, 2.05) is 0 Å². The fourth-order valence-corrected chi connectivity index (χ4v) is 2.32. The second-order valence-corrected chi connectivity index (χ2v) is 5.36. The van der Waals surface area contributed by atoms with Gasteiger partial charge in [0.05, 0.1) is 5.69 Å². The Balaban J connectivity index is 2.06. The van der Waals surface area contributed by atoms with E-state index in [0.29, 0.717) is 15.7 Å². The summed E-state index contributed by atoms with van der Waals surface area (Å²) in [6.07, 6.45) is 0. The second kappa shape index (κ2) is 6.76. The molecular weight excluding hydrogens is 331 g/mol. The van der Waals surface area contributed by atoms with Crippen LogP contribution in [0, 0.1) is 0 Å². The van der Waals surface area contributed by atoms with Gasteiger partial charge in [-0.1, -0.05) is 35.3 Å². The van der Waals surface area contributed by atoms with Gasteiger partial charge >= 0.3 is 0 Å². The summed E-state index contributed by atoms with van der Waals surface area (Å²) in [7, 11) is 0. The molecule has 0 atom stereocenters. The van der Waals surface area contributed by atoms with Gasteiger partial charge in [-0.15, -0.1) is 0 Å². The van der Waals surface area contributed by atoms with E-state index in [9.17, 15) is 9.90 Å². The van der Waals surface area contributed by atoms with Crippen molar-refractivity contribution in [3.8, 4) is 5.75 Å². The van der Waals surface area contributed by atoms with Crippen LogP contribution in [0.15, 0.2) is 42.5 Å². The number of anilines is 1. The first-order chi connectivity index (χ1) is 9.95. The molecule has 2 rings (SSSR count). The van der Waals surface area contributed by atoms with Crippen LogP contribution in [-0.4, -0.2) is 16.1 Å². The van der Waals surface area contributed by atoms with Crippen LogP contribution in [0.2, 0.25) is 10.0 Å². The zero-order valence-corrected chi connectivity index (χ0v) is 12.9. The summed E-state index contributed by atoms with van der Waals surface area (Å²) in [5.41, 5.74) is 0.681. The topological polar surface area (TPSA) is 61.4 Å². The molecule has 21 heavy (non-hydrogen) atoms. The summed E-state index contributed by atoms with van der Waals surface area (Å²) in [5.74, 6) is -0.424. The summed E-state index contributed by atoms with van der Waals surface area (Å²) in [6.45, 7) is 0. The average Bonchev–Trinajstić information content (AvgIpc) is 2.40. The predicted octanol–water partition coefficient (Wildman–Crippen LogP) is 3.83. The summed E-state index contributed by atoms with van der Waals surface area (Å²) < 4.78 is 0. The molecule has 2 aromatic rings. The molecule has 0 aliphatic rings. The first kappa shape index (κ1) is 15.6. The number of phenolic OH excluding ortho intramolecular Hbond substituents is 1. The van der Waals surface area contributed by atoms with Gasteiger partial charge in [0.25, 0.3) is 5.91 Å². The first-order valence-corrected chi connectivity index (χ1v) is 6.98. The van der Waals surface area contributed by atoms with E-state index >= 15 is 0 Å². The first-order valence-electron chi connectivity index (χ1n) is 5.82. The lowest BCUT2D eigenvalue weighted by Crippen LogP contribution is -2.34. The number of para-hydroxylation sites is 2. The van der Waals surface area contributed by atoms with Crippen molar-refractivity contribution in [1.29, 1.82) is 0 Å². The number of rotatable bonds is 2. The zero-order valence-electron chi connectivity index (χ0n) is 10.6. The highest BCUT2D eigenvalue weighted by Gasteiger charge is 2.10. The molecule has 0 saturated carbocycles. The highest BCUT2D eigenvalue weighted by molar-refractivity contribution is 7.80. The van der Waals surface area contributed by atoms with E-state index < -0.39 is 5.91 Å². The Morgan fingerprint density at radius 2 is 1.71 bits per heavy atom. The van der Waals surface area contributed by atoms with Crippen molar-refractivity contribution in [3.63, 3.8) is 0 Å². The molecule has 0 heterocycles. The summed E-state index contributed by atoms with van der Waals surface area (Å²) >= 11 is 16.7. The van der Waals surface area contributed by atoms with Gasteiger partial charge in [0, 0.05) is 15.6 Å². The van der Waals surface area contributed by atoms with Crippen molar-refractivity contribution in [1.82, 2.24) is 5.32 Å². The Hall–Kier alpha value is -1.82. The van der Waals surface area contributed by atoms with Crippen LogP contribution in [0.5, 0.6) is 5.75 Å². The normalized spacial score (nSPS) is 10.0. The molecule has 0 aromatic heterocycles. The lowest BCUT2D eigenvalue weighted by atomic mass is 10.2. The molecule has 0 saturated heterocycles. The fraction of sp³-hybridized carbons (Fsp3) is 0. The monoisotopic (exact) mass is 340 g/mol. The van der Waals surface area contributed by atoms with E-state index in [0.717, 1.165) is 0 Å². The number of phenols is 1. The molecule has 1 amide bonds. The summed E-state index contributed by atoms with van der Waals surface area (Å²) in [6, 6.07) is 11.0. The Bertz CT molecular complexity index is 687. The zero-order chi connectivity index (χ0) is 15.4. The van der Waals surface area contributed by atoms with Crippen LogP contribution in [0.3, 0.4) is 0 Å². The van der Waals surface area contributed by atoms with Crippen LogP contribution < -0.4 is 10.6 Å². The third kappa shape index (κ3) is 4.32. The average molecular weight is 341 g/mol. The lowest BCUT2D eigenvalue weighted by molar-refractivity contribution is 0.0977. The fourth-order valence-electron chi connectivity index (χ4n) is 1.59. The number of nitrogens with one attached hydrogen (secondary N) is 2. The van der Waals surface area contributed by atoms with Crippen LogP contribution in [0.1, 0.15) is 10.4 Å².